The summed E-state index contributed by atoms with van der Waals surface area (Å²) in [6, 6.07) is 17.5. The average molecular weight is 423 g/mol. The van der Waals surface area contributed by atoms with Crippen LogP contribution in [0.3, 0.4) is 0 Å². The summed E-state index contributed by atoms with van der Waals surface area (Å²) in [5.41, 5.74) is 8.04. The lowest BCUT2D eigenvalue weighted by atomic mass is 10.0. The Bertz CT molecular complexity index is 894. The molecule has 2 aromatic rings. The fourth-order valence-electron chi connectivity index (χ4n) is 3.58. The first-order chi connectivity index (χ1) is 15.0. The van der Waals surface area contributed by atoms with Crippen LogP contribution in [-0.4, -0.2) is 54.8 Å². The highest BCUT2D eigenvalue weighted by Crippen LogP contribution is 2.14. The number of carbonyl (C=O) groups excluding carboxylic acids is 2. The lowest BCUT2D eigenvalue weighted by Gasteiger charge is -2.32. The van der Waals surface area contributed by atoms with Gasteiger partial charge in [-0.15, -0.1) is 0 Å². The second kappa shape index (κ2) is 11.1. The molecule has 2 aromatic carbocycles. The topological polar surface area (TPSA) is 123 Å². The minimum atomic E-state index is -0.277. The van der Waals surface area contributed by atoms with Gasteiger partial charge in [-0.1, -0.05) is 42.5 Å². The molecule has 6 N–H and O–H groups in total. The van der Waals surface area contributed by atoms with Gasteiger partial charge in [-0.25, -0.2) is 0 Å². The Hall–Kier alpha value is -3.39. The number of rotatable bonds is 9. The molecule has 31 heavy (non-hydrogen) atoms. The highest BCUT2D eigenvalue weighted by Gasteiger charge is 2.20. The third-order valence-electron chi connectivity index (χ3n) is 5.27. The van der Waals surface area contributed by atoms with E-state index in [4.69, 9.17) is 11.1 Å². The Morgan fingerprint density at radius 1 is 1.00 bits per heavy atom. The Morgan fingerprint density at radius 2 is 1.74 bits per heavy atom. The summed E-state index contributed by atoms with van der Waals surface area (Å²) in [6.07, 6.45) is 1.81. The number of benzene rings is 2. The van der Waals surface area contributed by atoms with Gasteiger partial charge < -0.3 is 21.7 Å². The van der Waals surface area contributed by atoms with Gasteiger partial charge in [-0.2, -0.15) is 0 Å². The van der Waals surface area contributed by atoms with E-state index in [0.29, 0.717) is 11.3 Å². The number of anilines is 1. The number of amides is 2. The molecule has 1 saturated heterocycles. The van der Waals surface area contributed by atoms with Crippen molar-refractivity contribution in [2.45, 2.75) is 25.4 Å². The van der Waals surface area contributed by atoms with Crippen molar-refractivity contribution < 1.29 is 9.59 Å². The molecule has 3 rings (SSSR count). The Labute approximate surface area is 182 Å². The van der Waals surface area contributed by atoms with Crippen LogP contribution in [0.4, 0.5) is 5.69 Å². The van der Waals surface area contributed by atoms with Gasteiger partial charge in [-0.3, -0.25) is 19.9 Å². The van der Waals surface area contributed by atoms with Crippen LogP contribution in [-0.2, 0) is 16.1 Å². The van der Waals surface area contributed by atoms with Gasteiger partial charge in [0, 0.05) is 36.9 Å². The number of likely N-dealkylation sites (tertiary alicyclic amines) is 1. The minimum absolute atomic E-state index is 0.0318. The summed E-state index contributed by atoms with van der Waals surface area (Å²) < 4.78 is 0. The Balaban J connectivity index is 1.31. The van der Waals surface area contributed by atoms with Gasteiger partial charge in [0.05, 0.1) is 13.1 Å². The van der Waals surface area contributed by atoms with E-state index in [0.717, 1.165) is 32.5 Å². The molecule has 8 nitrogen and oxygen atoms in total. The van der Waals surface area contributed by atoms with Crippen molar-refractivity contribution >= 4 is 23.3 Å². The molecule has 164 valence electrons. The number of hydrogen-bond acceptors (Lipinski definition) is 5. The molecule has 8 heteroatoms. The van der Waals surface area contributed by atoms with Crippen LogP contribution >= 0.6 is 0 Å². The third kappa shape index (κ3) is 7.42. The van der Waals surface area contributed by atoms with E-state index >= 15 is 0 Å². The molecule has 0 spiro atoms. The molecule has 0 aliphatic carbocycles. The second-order valence-corrected chi connectivity index (χ2v) is 7.73. The third-order valence-corrected chi connectivity index (χ3v) is 5.27. The maximum atomic E-state index is 12.2. The van der Waals surface area contributed by atoms with E-state index in [-0.39, 0.29) is 36.8 Å². The molecular weight excluding hydrogens is 392 g/mol. The van der Waals surface area contributed by atoms with Gasteiger partial charge in [0.25, 0.3) is 0 Å². The van der Waals surface area contributed by atoms with E-state index in [2.05, 4.69) is 45.1 Å². The SMILES string of the molecule is N=C(N)c1cccc(NCC(=O)NCC(=O)NC2CCN(Cc3ccccc3)CC2)c1. The molecule has 1 aliphatic rings. The van der Waals surface area contributed by atoms with Crippen molar-refractivity contribution in [3.8, 4) is 0 Å². The number of nitrogen functional groups attached to an aromatic ring is 1. The number of amidine groups is 1. The first kappa shape index (κ1) is 22.3. The van der Waals surface area contributed by atoms with Gasteiger partial charge in [0.2, 0.25) is 11.8 Å². The Kier molecular flexibility index (Phi) is 8.00. The van der Waals surface area contributed by atoms with E-state index in [1.165, 1.54) is 5.56 Å². The predicted molar refractivity (Wildman–Crippen MR) is 122 cm³/mol. The van der Waals surface area contributed by atoms with Crippen LogP contribution in [0, 0.1) is 5.41 Å². The van der Waals surface area contributed by atoms with Crippen LogP contribution < -0.4 is 21.7 Å². The number of nitrogens with one attached hydrogen (secondary N) is 4. The summed E-state index contributed by atoms with van der Waals surface area (Å²) in [7, 11) is 0. The first-order valence-corrected chi connectivity index (χ1v) is 10.5. The molecule has 0 radical (unpaired) electrons. The van der Waals surface area contributed by atoms with Gasteiger partial charge in [0.1, 0.15) is 5.84 Å². The molecule has 0 saturated carbocycles. The fourth-order valence-corrected chi connectivity index (χ4v) is 3.58. The fraction of sp³-hybridized carbons (Fsp3) is 0.348. The van der Waals surface area contributed by atoms with Crippen LogP contribution in [0.2, 0.25) is 0 Å². The summed E-state index contributed by atoms with van der Waals surface area (Å²) in [6.45, 7) is 2.80. The zero-order valence-corrected chi connectivity index (χ0v) is 17.6. The minimum Gasteiger partial charge on any atom is -0.384 e. The summed E-state index contributed by atoms with van der Waals surface area (Å²) in [5.74, 6) is -0.481. The van der Waals surface area contributed by atoms with Gasteiger partial charge in [0.15, 0.2) is 0 Å². The maximum Gasteiger partial charge on any atom is 0.239 e. The number of hydrogen-bond donors (Lipinski definition) is 5. The molecule has 0 unspecified atom stereocenters. The van der Waals surface area contributed by atoms with E-state index in [1.54, 1.807) is 24.3 Å². The summed E-state index contributed by atoms with van der Waals surface area (Å²) >= 11 is 0. The van der Waals surface area contributed by atoms with Crippen molar-refractivity contribution in [2.24, 2.45) is 5.73 Å². The lowest BCUT2D eigenvalue weighted by molar-refractivity contribution is -0.125. The molecule has 0 bridgehead atoms. The molecule has 0 aromatic heterocycles. The molecule has 1 fully saturated rings. The molecule has 1 aliphatic heterocycles. The standard InChI is InChI=1S/C23H30N6O2/c24-23(25)18-7-4-8-20(13-18)26-14-21(30)27-15-22(31)28-19-9-11-29(12-10-19)16-17-5-2-1-3-6-17/h1-8,13,19,26H,9-12,14-16H2,(H3,24,25)(H,27,30)(H,28,31). The highest BCUT2D eigenvalue weighted by atomic mass is 16.2. The van der Waals surface area contributed by atoms with E-state index < -0.39 is 0 Å². The van der Waals surface area contributed by atoms with Crippen molar-refractivity contribution in [1.82, 2.24) is 15.5 Å². The van der Waals surface area contributed by atoms with Crippen molar-refractivity contribution in [3.63, 3.8) is 0 Å². The van der Waals surface area contributed by atoms with Crippen molar-refractivity contribution in [3.05, 3.63) is 65.7 Å². The normalized spacial score (nSPS) is 14.6. The monoisotopic (exact) mass is 422 g/mol. The molecule has 0 atom stereocenters. The van der Waals surface area contributed by atoms with Gasteiger partial charge in [-0.05, 0) is 30.5 Å². The average Bonchev–Trinajstić information content (AvgIpc) is 2.78. The Morgan fingerprint density at radius 3 is 2.45 bits per heavy atom. The van der Waals surface area contributed by atoms with E-state index in [9.17, 15) is 9.59 Å². The zero-order chi connectivity index (χ0) is 22.1. The van der Waals surface area contributed by atoms with Crippen LogP contribution in [0.1, 0.15) is 24.0 Å². The van der Waals surface area contributed by atoms with Crippen LogP contribution in [0.15, 0.2) is 54.6 Å². The largest absolute Gasteiger partial charge is 0.384 e. The predicted octanol–water partition coefficient (Wildman–Crippen LogP) is 1.28. The molecule has 1 heterocycles. The van der Waals surface area contributed by atoms with Crippen LogP contribution in [0.25, 0.3) is 0 Å². The van der Waals surface area contributed by atoms with Gasteiger partial charge >= 0.3 is 0 Å². The number of piperidine rings is 1. The maximum absolute atomic E-state index is 12.2. The zero-order valence-electron chi connectivity index (χ0n) is 17.6. The van der Waals surface area contributed by atoms with Crippen molar-refractivity contribution in [2.75, 3.05) is 31.5 Å². The molecular formula is C23H30N6O2. The number of carbonyl (C=O) groups is 2. The highest BCUT2D eigenvalue weighted by molar-refractivity contribution is 5.96. The van der Waals surface area contributed by atoms with Crippen molar-refractivity contribution in [1.29, 1.82) is 5.41 Å². The lowest BCUT2D eigenvalue weighted by Crippen LogP contribution is -2.47. The summed E-state index contributed by atoms with van der Waals surface area (Å²) in [4.78, 5) is 26.6. The smallest absolute Gasteiger partial charge is 0.239 e. The first-order valence-electron chi connectivity index (χ1n) is 10.5. The molecule has 2 amide bonds. The quantitative estimate of drug-likeness (QED) is 0.308. The second-order valence-electron chi connectivity index (χ2n) is 7.73. The van der Waals surface area contributed by atoms with Crippen LogP contribution in [0.5, 0.6) is 0 Å². The number of nitrogens with zero attached hydrogens (tertiary/aromatic N) is 1. The summed E-state index contributed by atoms with van der Waals surface area (Å²) in [5, 5.41) is 16.1. The van der Waals surface area contributed by atoms with E-state index in [1.807, 2.05) is 6.07 Å². The number of nitrogens with two attached hydrogens (primary N) is 1.